The number of benzene rings is 1. The van der Waals surface area contributed by atoms with Crippen LogP contribution in [0.3, 0.4) is 0 Å². The van der Waals surface area contributed by atoms with Crippen molar-refractivity contribution in [2.24, 2.45) is 0 Å². The zero-order chi connectivity index (χ0) is 13.8. The zero-order valence-corrected chi connectivity index (χ0v) is 12.5. The van der Waals surface area contributed by atoms with Crippen LogP contribution < -0.4 is 5.32 Å². The van der Waals surface area contributed by atoms with E-state index >= 15 is 0 Å². The second-order valence-corrected chi connectivity index (χ2v) is 5.13. The Labute approximate surface area is 119 Å². The lowest BCUT2D eigenvalue weighted by Gasteiger charge is -2.10. The van der Waals surface area contributed by atoms with Gasteiger partial charge in [0.05, 0.1) is 11.9 Å². The highest BCUT2D eigenvalue weighted by molar-refractivity contribution is 6.31. The summed E-state index contributed by atoms with van der Waals surface area (Å²) in [6, 6.07) is 5.91. The Balaban J connectivity index is 2.28. The molecule has 0 fully saturated rings. The molecule has 2 rings (SSSR count). The molecule has 0 saturated carbocycles. The van der Waals surface area contributed by atoms with E-state index in [-0.39, 0.29) is 0 Å². The van der Waals surface area contributed by atoms with Crippen molar-refractivity contribution in [1.82, 2.24) is 15.1 Å². The first-order valence-corrected chi connectivity index (χ1v) is 7.02. The first kappa shape index (κ1) is 14.1. The van der Waals surface area contributed by atoms with Gasteiger partial charge in [-0.1, -0.05) is 24.6 Å². The molecule has 0 aliphatic heterocycles. The van der Waals surface area contributed by atoms with Crippen LogP contribution in [-0.2, 0) is 6.54 Å². The lowest BCUT2D eigenvalue weighted by molar-refractivity contribution is 0.672. The third kappa shape index (κ3) is 2.99. The quantitative estimate of drug-likeness (QED) is 0.846. The Morgan fingerprint density at radius 3 is 2.84 bits per heavy atom. The van der Waals surface area contributed by atoms with E-state index < -0.39 is 0 Å². The van der Waals surface area contributed by atoms with Crippen molar-refractivity contribution in [2.45, 2.75) is 33.7 Å². The van der Waals surface area contributed by atoms with Crippen molar-refractivity contribution in [3.63, 3.8) is 0 Å². The molecule has 0 saturated heterocycles. The van der Waals surface area contributed by atoms with Crippen LogP contribution in [0.4, 0.5) is 0 Å². The van der Waals surface area contributed by atoms with Gasteiger partial charge in [0, 0.05) is 22.8 Å². The van der Waals surface area contributed by atoms with Crippen LogP contribution in [-0.4, -0.2) is 16.3 Å². The number of hydrogen-bond donors (Lipinski definition) is 1. The first-order valence-electron chi connectivity index (χ1n) is 6.64. The van der Waals surface area contributed by atoms with E-state index in [0.29, 0.717) is 0 Å². The molecule has 0 radical (unpaired) electrons. The fourth-order valence-corrected chi connectivity index (χ4v) is 2.25. The van der Waals surface area contributed by atoms with Gasteiger partial charge in [-0.25, -0.2) is 4.68 Å². The molecule has 0 unspecified atom stereocenters. The lowest BCUT2D eigenvalue weighted by Crippen LogP contribution is -2.14. The maximum atomic E-state index is 6.17. The molecular formula is C15H20ClN3. The fraction of sp³-hybridized carbons (Fsp3) is 0.400. The molecule has 4 heteroatoms. The third-order valence-electron chi connectivity index (χ3n) is 3.32. The van der Waals surface area contributed by atoms with Crippen molar-refractivity contribution >= 4 is 11.6 Å². The van der Waals surface area contributed by atoms with Crippen molar-refractivity contribution in [3.05, 3.63) is 46.2 Å². The van der Waals surface area contributed by atoms with Gasteiger partial charge in [-0.2, -0.15) is 5.10 Å². The second-order valence-electron chi connectivity index (χ2n) is 4.73. The monoisotopic (exact) mass is 277 g/mol. The van der Waals surface area contributed by atoms with Crippen molar-refractivity contribution in [2.75, 3.05) is 6.54 Å². The Morgan fingerprint density at radius 2 is 2.11 bits per heavy atom. The molecule has 1 aromatic heterocycles. The number of nitrogens with one attached hydrogen (secondary N) is 1. The normalized spacial score (nSPS) is 10.9. The average molecular weight is 278 g/mol. The minimum Gasteiger partial charge on any atom is -0.313 e. The molecule has 0 amide bonds. The van der Waals surface area contributed by atoms with E-state index in [4.69, 9.17) is 11.6 Å². The lowest BCUT2D eigenvalue weighted by atomic mass is 10.2. The largest absolute Gasteiger partial charge is 0.313 e. The number of halogens is 1. The molecule has 1 aromatic carbocycles. The molecule has 2 aromatic rings. The van der Waals surface area contributed by atoms with Gasteiger partial charge in [-0.3, -0.25) is 0 Å². The van der Waals surface area contributed by atoms with Crippen molar-refractivity contribution in [1.29, 1.82) is 0 Å². The first-order chi connectivity index (χ1) is 9.15. The predicted octanol–water partition coefficient (Wildman–Crippen LogP) is 3.64. The second kappa shape index (κ2) is 6.22. The van der Waals surface area contributed by atoms with Gasteiger partial charge in [0.25, 0.3) is 0 Å². The molecule has 1 heterocycles. The van der Waals surface area contributed by atoms with Crippen LogP contribution in [0.2, 0.25) is 5.02 Å². The molecule has 102 valence electrons. The van der Waals surface area contributed by atoms with Crippen LogP contribution in [0.25, 0.3) is 5.69 Å². The topological polar surface area (TPSA) is 29.9 Å². The van der Waals surface area contributed by atoms with Gasteiger partial charge < -0.3 is 5.32 Å². The van der Waals surface area contributed by atoms with Gasteiger partial charge in [-0.05, 0) is 44.5 Å². The fourth-order valence-electron chi connectivity index (χ4n) is 2.09. The van der Waals surface area contributed by atoms with Gasteiger partial charge in [-0.15, -0.1) is 0 Å². The van der Waals surface area contributed by atoms with Crippen LogP contribution in [0.5, 0.6) is 0 Å². The van der Waals surface area contributed by atoms with Crippen LogP contribution >= 0.6 is 11.6 Å². The van der Waals surface area contributed by atoms with Crippen molar-refractivity contribution in [3.8, 4) is 5.69 Å². The summed E-state index contributed by atoms with van der Waals surface area (Å²) in [4.78, 5) is 0. The van der Waals surface area contributed by atoms with Crippen LogP contribution in [0, 0.1) is 13.8 Å². The Kier molecular flexibility index (Phi) is 4.61. The standard InChI is InChI=1S/C15H20ClN3/c1-4-8-17-9-13-10-18-19(12(13)3)15-7-5-6-14(16)11(15)2/h5-7,10,17H,4,8-9H2,1-3H3. The summed E-state index contributed by atoms with van der Waals surface area (Å²) in [6.45, 7) is 8.17. The number of hydrogen-bond acceptors (Lipinski definition) is 2. The number of rotatable bonds is 5. The molecule has 0 spiro atoms. The van der Waals surface area contributed by atoms with Gasteiger partial charge in [0.2, 0.25) is 0 Å². The van der Waals surface area contributed by atoms with E-state index in [2.05, 4.69) is 24.3 Å². The molecule has 0 bridgehead atoms. The van der Waals surface area contributed by atoms with Gasteiger partial charge in [0.15, 0.2) is 0 Å². The van der Waals surface area contributed by atoms with Gasteiger partial charge >= 0.3 is 0 Å². The maximum absolute atomic E-state index is 6.17. The molecule has 3 nitrogen and oxygen atoms in total. The molecule has 0 atom stereocenters. The van der Waals surface area contributed by atoms with E-state index in [1.807, 2.05) is 36.0 Å². The molecule has 0 aliphatic carbocycles. The molecule has 0 aliphatic rings. The summed E-state index contributed by atoms with van der Waals surface area (Å²) in [5.74, 6) is 0. The SMILES string of the molecule is CCCNCc1cnn(-c2cccc(Cl)c2C)c1C. The summed E-state index contributed by atoms with van der Waals surface area (Å²) in [5.41, 5.74) is 4.50. The van der Waals surface area contributed by atoms with E-state index in [1.165, 1.54) is 5.56 Å². The highest BCUT2D eigenvalue weighted by Gasteiger charge is 2.10. The molecule has 1 N–H and O–H groups in total. The summed E-state index contributed by atoms with van der Waals surface area (Å²) < 4.78 is 1.96. The van der Waals surface area contributed by atoms with E-state index in [9.17, 15) is 0 Å². The van der Waals surface area contributed by atoms with Crippen LogP contribution in [0.1, 0.15) is 30.2 Å². The minimum atomic E-state index is 0.776. The van der Waals surface area contributed by atoms with Crippen LogP contribution in [0.15, 0.2) is 24.4 Å². The zero-order valence-electron chi connectivity index (χ0n) is 11.7. The van der Waals surface area contributed by atoms with E-state index in [1.54, 1.807) is 0 Å². The highest BCUT2D eigenvalue weighted by Crippen LogP contribution is 2.23. The Hall–Kier alpha value is -1.32. The average Bonchev–Trinajstić information content (AvgIpc) is 2.75. The molecular weight excluding hydrogens is 258 g/mol. The van der Waals surface area contributed by atoms with Gasteiger partial charge in [0.1, 0.15) is 0 Å². The third-order valence-corrected chi connectivity index (χ3v) is 3.73. The summed E-state index contributed by atoms with van der Waals surface area (Å²) in [7, 11) is 0. The summed E-state index contributed by atoms with van der Waals surface area (Å²) in [6.07, 6.45) is 3.07. The predicted molar refractivity (Wildman–Crippen MR) is 80.0 cm³/mol. The Bertz CT molecular complexity index is 561. The van der Waals surface area contributed by atoms with Crippen molar-refractivity contribution < 1.29 is 0 Å². The smallest absolute Gasteiger partial charge is 0.0692 e. The maximum Gasteiger partial charge on any atom is 0.0692 e. The Morgan fingerprint density at radius 1 is 1.32 bits per heavy atom. The number of nitrogens with zero attached hydrogens (tertiary/aromatic N) is 2. The summed E-state index contributed by atoms with van der Waals surface area (Å²) >= 11 is 6.17. The number of aromatic nitrogens is 2. The molecule has 19 heavy (non-hydrogen) atoms. The summed E-state index contributed by atoms with van der Waals surface area (Å²) in [5, 5.41) is 8.66. The van der Waals surface area contributed by atoms with E-state index in [0.717, 1.165) is 41.5 Å². The highest BCUT2D eigenvalue weighted by atomic mass is 35.5. The minimum absolute atomic E-state index is 0.776.